The Bertz CT molecular complexity index is 1130. The van der Waals surface area contributed by atoms with Crippen LogP contribution in [0.15, 0.2) is 53.4 Å². The summed E-state index contributed by atoms with van der Waals surface area (Å²) in [5.74, 6) is 0.0278. The van der Waals surface area contributed by atoms with Crippen molar-refractivity contribution in [2.75, 3.05) is 4.31 Å². The molecule has 0 fully saturated rings. The fourth-order valence-electron chi connectivity index (χ4n) is 3.77. The average molecular weight is 368 g/mol. The number of carbonyl (C=O) groups is 1. The Morgan fingerprint density at radius 3 is 2.38 bits per heavy atom. The fraction of sp³-hybridized carbons (Fsp3) is 0.250. The molecule has 4 rings (SSSR count). The molecule has 1 amide bonds. The van der Waals surface area contributed by atoms with Crippen molar-refractivity contribution in [3.8, 4) is 0 Å². The lowest BCUT2D eigenvalue weighted by molar-refractivity contribution is -0.118. The number of sulfonamides is 1. The Hall–Kier alpha value is -2.60. The molecular formula is C20H20N2O3S. The molecule has 0 saturated carbocycles. The molecule has 0 aliphatic carbocycles. The van der Waals surface area contributed by atoms with E-state index in [4.69, 9.17) is 0 Å². The van der Waals surface area contributed by atoms with Gasteiger partial charge in [-0.3, -0.25) is 4.79 Å². The zero-order chi connectivity index (χ0) is 18.6. The first-order valence-corrected chi connectivity index (χ1v) is 9.98. The van der Waals surface area contributed by atoms with E-state index < -0.39 is 15.9 Å². The minimum Gasteiger partial charge on any atom is -0.329 e. The number of hydrogen-bond acceptors (Lipinski definition) is 3. The van der Waals surface area contributed by atoms with Crippen molar-refractivity contribution in [1.82, 2.24) is 4.57 Å². The molecule has 1 aliphatic heterocycles. The first-order valence-electron chi connectivity index (χ1n) is 8.54. The largest absolute Gasteiger partial charge is 0.329 e. The molecule has 0 radical (unpaired) electrons. The predicted molar refractivity (Wildman–Crippen MR) is 102 cm³/mol. The summed E-state index contributed by atoms with van der Waals surface area (Å²) in [7, 11) is -2.16. The van der Waals surface area contributed by atoms with Crippen molar-refractivity contribution in [3.05, 3.63) is 59.7 Å². The first kappa shape index (κ1) is 16.8. The number of hydrogen-bond donors (Lipinski definition) is 0. The van der Waals surface area contributed by atoms with Crippen LogP contribution in [0.3, 0.4) is 0 Å². The predicted octanol–water partition coefficient (Wildman–Crippen LogP) is 3.72. The zero-order valence-electron chi connectivity index (χ0n) is 14.9. The van der Waals surface area contributed by atoms with E-state index in [1.165, 1.54) is 0 Å². The number of para-hydroxylation sites is 1. The Morgan fingerprint density at radius 2 is 1.69 bits per heavy atom. The highest BCUT2D eigenvalue weighted by Crippen LogP contribution is 2.44. The van der Waals surface area contributed by atoms with E-state index in [1.807, 2.05) is 49.7 Å². The van der Waals surface area contributed by atoms with Gasteiger partial charge in [0.25, 0.3) is 10.0 Å². The van der Waals surface area contributed by atoms with E-state index in [0.29, 0.717) is 5.82 Å². The number of rotatable bonds is 2. The molecule has 1 atom stereocenters. The third kappa shape index (κ3) is 2.29. The van der Waals surface area contributed by atoms with Gasteiger partial charge in [-0.2, -0.15) is 4.31 Å². The van der Waals surface area contributed by atoms with Gasteiger partial charge in [-0.25, -0.2) is 8.42 Å². The summed E-state index contributed by atoms with van der Waals surface area (Å²) in [4.78, 5) is 12.9. The van der Waals surface area contributed by atoms with Crippen LogP contribution in [0, 0.1) is 6.92 Å². The highest BCUT2D eigenvalue weighted by Gasteiger charge is 2.41. The van der Waals surface area contributed by atoms with Gasteiger partial charge < -0.3 is 4.57 Å². The Labute approximate surface area is 152 Å². The minimum atomic E-state index is -3.97. The number of aryl methyl sites for hydroxylation is 2. The zero-order valence-corrected chi connectivity index (χ0v) is 15.7. The maximum atomic E-state index is 13.3. The summed E-state index contributed by atoms with van der Waals surface area (Å²) in [6.45, 7) is 3.87. The number of benzene rings is 2. The van der Waals surface area contributed by atoms with Crippen molar-refractivity contribution in [1.29, 1.82) is 0 Å². The Balaban J connectivity index is 2.01. The molecule has 0 spiro atoms. The first-order chi connectivity index (χ1) is 12.3. The molecule has 1 aromatic heterocycles. The van der Waals surface area contributed by atoms with E-state index in [1.54, 1.807) is 24.3 Å². The molecule has 26 heavy (non-hydrogen) atoms. The van der Waals surface area contributed by atoms with Crippen LogP contribution in [-0.2, 0) is 21.9 Å². The van der Waals surface area contributed by atoms with Gasteiger partial charge in [0.1, 0.15) is 5.82 Å². The fourth-order valence-corrected chi connectivity index (χ4v) is 5.25. The van der Waals surface area contributed by atoms with Gasteiger partial charge >= 0.3 is 0 Å². The highest BCUT2D eigenvalue weighted by molar-refractivity contribution is 7.93. The molecule has 134 valence electrons. The molecule has 1 aliphatic rings. The molecule has 0 saturated heterocycles. The van der Waals surface area contributed by atoms with E-state index in [9.17, 15) is 13.2 Å². The van der Waals surface area contributed by atoms with Gasteiger partial charge in [0.2, 0.25) is 5.91 Å². The second-order valence-electron chi connectivity index (χ2n) is 6.89. The van der Waals surface area contributed by atoms with E-state index >= 15 is 0 Å². The number of carbonyl (C=O) groups excluding carboxylic acids is 1. The molecule has 6 heteroatoms. The maximum absolute atomic E-state index is 13.3. The molecular weight excluding hydrogens is 348 g/mol. The van der Waals surface area contributed by atoms with Crippen LogP contribution in [0.5, 0.6) is 0 Å². The van der Waals surface area contributed by atoms with Crippen molar-refractivity contribution < 1.29 is 13.2 Å². The number of anilines is 1. The quantitative estimate of drug-likeness (QED) is 0.693. The molecule has 2 aromatic carbocycles. The lowest BCUT2D eigenvalue weighted by Crippen LogP contribution is -2.41. The average Bonchev–Trinajstić information content (AvgIpc) is 2.89. The molecule has 2 heterocycles. The van der Waals surface area contributed by atoms with Crippen LogP contribution < -0.4 is 4.31 Å². The summed E-state index contributed by atoms with van der Waals surface area (Å²) in [5.41, 5.74) is 2.80. The number of fused-ring (bicyclic) bond motifs is 3. The van der Waals surface area contributed by atoms with Crippen LogP contribution in [0.1, 0.15) is 30.4 Å². The topological polar surface area (TPSA) is 59.4 Å². The summed E-state index contributed by atoms with van der Waals surface area (Å²) in [6, 6.07) is 14.4. The van der Waals surface area contributed by atoms with Gasteiger partial charge in [-0.1, -0.05) is 42.8 Å². The smallest absolute Gasteiger partial charge is 0.272 e. The van der Waals surface area contributed by atoms with Gasteiger partial charge in [0, 0.05) is 29.9 Å². The van der Waals surface area contributed by atoms with Gasteiger partial charge in [0.05, 0.1) is 4.90 Å². The van der Waals surface area contributed by atoms with Crippen LogP contribution in [0.25, 0.3) is 10.9 Å². The second kappa shape index (κ2) is 5.71. The van der Waals surface area contributed by atoms with Crippen LogP contribution in [0.2, 0.25) is 0 Å². The van der Waals surface area contributed by atoms with Crippen molar-refractivity contribution >= 4 is 32.7 Å². The van der Waals surface area contributed by atoms with Crippen LogP contribution >= 0.6 is 0 Å². The molecule has 0 unspecified atom stereocenters. The Morgan fingerprint density at radius 1 is 1.04 bits per heavy atom. The number of nitrogens with zero attached hydrogens (tertiary/aromatic N) is 2. The van der Waals surface area contributed by atoms with E-state index in [-0.39, 0.29) is 17.2 Å². The third-order valence-electron chi connectivity index (χ3n) is 5.07. The van der Waals surface area contributed by atoms with Gasteiger partial charge in [0.15, 0.2) is 0 Å². The number of aromatic nitrogens is 1. The van der Waals surface area contributed by atoms with E-state index in [2.05, 4.69) is 0 Å². The molecule has 0 N–H and O–H groups in total. The monoisotopic (exact) mass is 368 g/mol. The summed E-state index contributed by atoms with van der Waals surface area (Å²) in [6.07, 6.45) is 0.173. The van der Waals surface area contributed by atoms with Crippen molar-refractivity contribution in [3.63, 3.8) is 0 Å². The lowest BCUT2D eigenvalue weighted by Gasteiger charge is -2.30. The van der Waals surface area contributed by atoms with Crippen molar-refractivity contribution in [2.45, 2.75) is 31.1 Å². The molecule has 0 bridgehead atoms. The minimum absolute atomic E-state index is 0.0342. The number of amides is 1. The lowest BCUT2D eigenvalue weighted by atomic mass is 9.93. The summed E-state index contributed by atoms with van der Waals surface area (Å²) < 4.78 is 29.4. The molecule has 5 nitrogen and oxygen atoms in total. The second-order valence-corrected chi connectivity index (χ2v) is 8.68. The molecule has 3 aromatic rings. The normalized spacial score (nSPS) is 17.6. The van der Waals surface area contributed by atoms with Crippen LogP contribution in [0.4, 0.5) is 5.82 Å². The van der Waals surface area contributed by atoms with Gasteiger partial charge in [-0.15, -0.1) is 0 Å². The van der Waals surface area contributed by atoms with E-state index in [0.717, 1.165) is 26.3 Å². The highest BCUT2D eigenvalue weighted by atomic mass is 32.2. The van der Waals surface area contributed by atoms with Crippen molar-refractivity contribution in [2.24, 2.45) is 7.05 Å². The maximum Gasteiger partial charge on any atom is 0.272 e. The summed E-state index contributed by atoms with van der Waals surface area (Å²) >= 11 is 0. The van der Waals surface area contributed by atoms with Gasteiger partial charge in [-0.05, 0) is 31.0 Å². The Kier molecular flexibility index (Phi) is 3.70. The standard InChI is InChI=1S/C20H20N2O3S/c1-13-8-10-15(11-9-13)26(24,25)22-18(23)12-14(2)19-16-6-4-5-7-17(16)21(3)20(19)22/h4-11,14H,12H2,1-3H3/t14-/m0/s1. The van der Waals surface area contributed by atoms with Crippen LogP contribution in [-0.4, -0.2) is 18.9 Å². The third-order valence-corrected chi connectivity index (χ3v) is 6.79. The summed E-state index contributed by atoms with van der Waals surface area (Å²) in [5, 5.41) is 0.995. The SMILES string of the molecule is Cc1ccc(S(=O)(=O)N2C(=O)C[C@H](C)c3c2n(C)c2ccccc32)cc1.